The molecule has 7 heteroatoms. The minimum Gasteiger partial charge on any atom is -0.507 e. The van der Waals surface area contributed by atoms with Crippen LogP contribution in [0.3, 0.4) is 0 Å². The first-order valence-electron chi connectivity index (χ1n) is 9.98. The largest absolute Gasteiger partial charge is 0.507 e. The number of aliphatic hydroxyl groups is 1. The van der Waals surface area contributed by atoms with Crippen molar-refractivity contribution in [3.63, 3.8) is 0 Å². The zero-order valence-electron chi connectivity index (χ0n) is 17.6. The van der Waals surface area contributed by atoms with Crippen LogP contribution in [-0.2, 0) is 16.1 Å². The van der Waals surface area contributed by atoms with Crippen LogP contribution < -0.4 is 4.74 Å². The number of pyridine rings is 1. The van der Waals surface area contributed by atoms with Crippen LogP contribution in [0.2, 0.25) is 5.02 Å². The second-order valence-electron chi connectivity index (χ2n) is 7.52. The summed E-state index contributed by atoms with van der Waals surface area (Å²) in [5.74, 6) is -0.990. The lowest BCUT2D eigenvalue weighted by atomic mass is 9.94. The monoisotopic (exact) mass is 448 g/mol. The number of likely N-dealkylation sites (tertiary alicyclic amines) is 1. The lowest BCUT2D eigenvalue weighted by Gasteiger charge is -2.25. The Balaban J connectivity index is 1.86. The Morgan fingerprint density at radius 2 is 1.91 bits per heavy atom. The van der Waals surface area contributed by atoms with Crippen molar-refractivity contribution < 1.29 is 19.4 Å². The van der Waals surface area contributed by atoms with E-state index in [-0.39, 0.29) is 17.9 Å². The molecule has 0 aliphatic carbocycles. The first-order valence-corrected chi connectivity index (χ1v) is 10.4. The molecule has 162 valence electrons. The fourth-order valence-electron chi connectivity index (χ4n) is 3.90. The summed E-state index contributed by atoms with van der Waals surface area (Å²) in [5.41, 5.74) is 2.70. The number of carbonyl (C=O) groups excluding carboxylic acids is 2. The molecule has 0 unspecified atom stereocenters. The van der Waals surface area contributed by atoms with E-state index in [1.807, 2.05) is 13.0 Å². The molecule has 1 saturated heterocycles. The van der Waals surface area contributed by atoms with E-state index in [9.17, 15) is 14.7 Å². The molecule has 32 heavy (non-hydrogen) atoms. The third-order valence-corrected chi connectivity index (χ3v) is 5.72. The Morgan fingerprint density at radius 1 is 1.16 bits per heavy atom. The van der Waals surface area contributed by atoms with Gasteiger partial charge in [-0.25, -0.2) is 0 Å². The van der Waals surface area contributed by atoms with Gasteiger partial charge in [0.15, 0.2) is 0 Å². The van der Waals surface area contributed by atoms with E-state index >= 15 is 0 Å². The molecule has 1 aliphatic rings. The van der Waals surface area contributed by atoms with Crippen molar-refractivity contribution in [1.82, 2.24) is 9.88 Å². The maximum Gasteiger partial charge on any atom is 0.295 e. The van der Waals surface area contributed by atoms with E-state index < -0.39 is 17.7 Å². The van der Waals surface area contributed by atoms with Gasteiger partial charge in [-0.2, -0.15) is 0 Å². The van der Waals surface area contributed by atoms with Crippen molar-refractivity contribution >= 4 is 29.1 Å². The molecule has 1 aliphatic heterocycles. The number of Topliss-reactive ketones (excluding diaryl/α,β-unsaturated/α-hetero) is 1. The highest BCUT2D eigenvalue weighted by Crippen LogP contribution is 2.40. The van der Waals surface area contributed by atoms with Gasteiger partial charge in [0.25, 0.3) is 11.7 Å². The topological polar surface area (TPSA) is 79.7 Å². The number of nitrogens with zero attached hydrogens (tertiary/aromatic N) is 2. The van der Waals surface area contributed by atoms with Gasteiger partial charge >= 0.3 is 0 Å². The molecule has 1 aromatic heterocycles. The van der Waals surface area contributed by atoms with E-state index in [4.69, 9.17) is 16.3 Å². The van der Waals surface area contributed by atoms with Gasteiger partial charge in [0.05, 0.1) is 18.7 Å². The highest BCUT2D eigenvalue weighted by Gasteiger charge is 2.46. The fourth-order valence-corrected chi connectivity index (χ4v) is 4.03. The summed E-state index contributed by atoms with van der Waals surface area (Å²) in [5, 5.41) is 11.7. The van der Waals surface area contributed by atoms with Crippen LogP contribution in [0.25, 0.3) is 5.76 Å². The number of aliphatic hydroxyl groups excluding tert-OH is 1. The molecule has 3 aromatic rings. The average Bonchev–Trinajstić information content (AvgIpc) is 3.04. The number of methoxy groups -OCH3 is 1. The highest BCUT2D eigenvalue weighted by molar-refractivity contribution is 6.46. The highest BCUT2D eigenvalue weighted by atomic mass is 35.5. The van der Waals surface area contributed by atoms with Crippen molar-refractivity contribution in [2.24, 2.45) is 0 Å². The number of carbonyl (C=O) groups is 2. The molecule has 1 amide bonds. The van der Waals surface area contributed by atoms with Gasteiger partial charge in [0.2, 0.25) is 0 Å². The van der Waals surface area contributed by atoms with Gasteiger partial charge in [-0.1, -0.05) is 29.8 Å². The maximum absolute atomic E-state index is 13.1. The summed E-state index contributed by atoms with van der Waals surface area (Å²) in [6.07, 6.45) is 3.28. The van der Waals surface area contributed by atoms with Crippen LogP contribution in [0.5, 0.6) is 5.75 Å². The number of ketones is 1. The normalized spacial score (nSPS) is 17.6. The van der Waals surface area contributed by atoms with Gasteiger partial charge in [0, 0.05) is 29.5 Å². The first-order chi connectivity index (χ1) is 15.4. The Morgan fingerprint density at radius 3 is 2.53 bits per heavy atom. The van der Waals surface area contributed by atoms with Gasteiger partial charge in [0.1, 0.15) is 11.5 Å². The quantitative estimate of drug-likeness (QED) is 0.348. The molecule has 4 rings (SSSR count). The zero-order chi connectivity index (χ0) is 22.8. The molecular formula is C25H21ClN2O4. The molecule has 0 saturated carbocycles. The Bertz CT molecular complexity index is 1210. The summed E-state index contributed by atoms with van der Waals surface area (Å²) < 4.78 is 5.28. The SMILES string of the molecule is COc1ccc(C(O)=C2C(=O)C(=O)N(Cc3cccnc3)[C@H]2c2ccc(Cl)cc2)cc1C. The third kappa shape index (κ3) is 3.97. The van der Waals surface area contributed by atoms with Crippen LogP contribution in [0.1, 0.15) is 28.3 Å². The number of benzene rings is 2. The third-order valence-electron chi connectivity index (χ3n) is 5.47. The summed E-state index contributed by atoms with van der Waals surface area (Å²) in [4.78, 5) is 31.7. The number of rotatable bonds is 5. The van der Waals surface area contributed by atoms with Crippen molar-refractivity contribution in [1.29, 1.82) is 0 Å². The molecule has 6 nitrogen and oxygen atoms in total. The van der Waals surface area contributed by atoms with E-state index in [0.29, 0.717) is 21.9 Å². The second kappa shape index (κ2) is 8.85. The van der Waals surface area contributed by atoms with Gasteiger partial charge in [-0.05, 0) is 60.0 Å². The average molecular weight is 449 g/mol. The summed E-state index contributed by atoms with van der Waals surface area (Å²) in [6.45, 7) is 2.01. The maximum atomic E-state index is 13.1. The Labute approximate surface area is 190 Å². The minimum absolute atomic E-state index is 0.0331. The van der Waals surface area contributed by atoms with E-state index in [1.54, 1.807) is 68.0 Å². The number of halogens is 1. The number of amides is 1. The van der Waals surface area contributed by atoms with Crippen molar-refractivity contribution in [3.8, 4) is 5.75 Å². The van der Waals surface area contributed by atoms with Crippen LogP contribution in [-0.4, -0.2) is 33.8 Å². The van der Waals surface area contributed by atoms with E-state index in [0.717, 1.165) is 11.1 Å². The molecule has 1 N–H and O–H groups in total. The van der Waals surface area contributed by atoms with Crippen LogP contribution in [0, 0.1) is 6.92 Å². The molecule has 0 spiro atoms. The summed E-state index contributed by atoms with van der Waals surface area (Å²) in [7, 11) is 1.56. The first kappa shape index (κ1) is 21.6. The van der Waals surface area contributed by atoms with Crippen molar-refractivity contribution in [3.05, 3.63) is 99.8 Å². The Kier molecular flexibility index (Phi) is 5.97. The standard InChI is InChI=1S/C25H21ClN2O4/c1-15-12-18(7-10-20(15)32-2)23(29)21-22(17-5-8-19(26)9-6-17)28(25(31)24(21)30)14-16-4-3-11-27-13-16/h3-13,22,29H,14H2,1-2H3/t22-/m0/s1. The van der Waals surface area contributed by atoms with Crippen LogP contribution in [0.15, 0.2) is 72.6 Å². The smallest absolute Gasteiger partial charge is 0.295 e. The number of hydrogen-bond donors (Lipinski definition) is 1. The second-order valence-corrected chi connectivity index (χ2v) is 7.96. The molecule has 2 aromatic carbocycles. The van der Waals surface area contributed by atoms with Gasteiger partial charge in [-0.15, -0.1) is 0 Å². The molecule has 1 fully saturated rings. The lowest BCUT2D eigenvalue weighted by Crippen LogP contribution is -2.29. The Hall–Kier alpha value is -3.64. The predicted octanol–water partition coefficient (Wildman–Crippen LogP) is 4.67. The zero-order valence-corrected chi connectivity index (χ0v) is 18.3. The van der Waals surface area contributed by atoms with E-state index in [1.165, 1.54) is 4.90 Å². The van der Waals surface area contributed by atoms with E-state index in [2.05, 4.69) is 4.98 Å². The number of hydrogen-bond acceptors (Lipinski definition) is 5. The predicted molar refractivity (Wildman–Crippen MR) is 121 cm³/mol. The fraction of sp³-hybridized carbons (Fsp3) is 0.160. The van der Waals surface area contributed by atoms with Crippen molar-refractivity contribution in [2.75, 3.05) is 7.11 Å². The molecule has 0 bridgehead atoms. The van der Waals surface area contributed by atoms with Gasteiger partial charge in [-0.3, -0.25) is 14.6 Å². The number of ether oxygens (including phenoxy) is 1. The molecule has 1 atom stereocenters. The molecular weight excluding hydrogens is 428 g/mol. The number of aryl methyl sites for hydroxylation is 1. The summed E-state index contributed by atoms with van der Waals surface area (Å²) in [6, 6.07) is 14.8. The van der Waals surface area contributed by atoms with Crippen LogP contribution >= 0.6 is 11.6 Å². The number of aromatic nitrogens is 1. The molecule has 0 radical (unpaired) electrons. The van der Waals surface area contributed by atoms with Gasteiger partial charge < -0.3 is 14.7 Å². The lowest BCUT2D eigenvalue weighted by molar-refractivity contribution is -0.140. The van der Waals surface area contributed by atoms with Crippen molar-refractivity contribution in [2.45, 2.75) is 19.5 Å². The molecule has 2 heterocycles. The summed E-state index contributed by atoms with van der Waals surface area (Å²) >= 11 is 6.05. The minimum atomic E-state index is -0.769. The van der Waals surface area contributed by atoms with Crippen LogP contribution in [0.4, 0.5) is 0 Å².